The van der Waals surface area contributed by atoms with Crippen LogP contribution in [0.15, 0.2) is 49.1 Å². The van der Waals surface area contributed by atoms with Gasteiger partial charge in [0.25, 0.3) is 0 Å². The molecule has 3 aromatic rings. The van der Waals surface area contributed by atoms with Gasteiger partial charge in [0.1, 0.15) is 0 Å². The van der Waals surface area contributed by atoms with E-state index in [1.54, 1.807) is 10.8 Å². The standard InChI is InChI=1S/C20H22N4O/c25-19(6-5-15-3-1-9-22-13-15)24-14-17(16-7-11-21-12-8-16)20-18(24)4-2-10-23-20/h1-4,9-10,13-14,16,21H,5-8,11-12H2. The van der Waals surface area contributed by atoms with Gasteiger partial charge in [-0.1, -0.05) is 6.07 Å². The molecule has 1 N–H and O–H groups in total. The van der Waals surface area contributed by atoms with Crippen LogP contribution in [-0.4, -0.2) is 33.5 Å². The molecule has 5 nitrogen and oxygen atoms in total. The van der Waals surface area contributed by atoms with Crippen LogP contribution in [0.2, 0.25) is 0 Å². The maximum Gasteiger partial charge on any atom is 0.231 e. The molecule has 1 fully saturated rings. The lowest BCUT2D eigenvalue weighted by Gasteiger charge is -2.21. The maximum absolute atomic E-state index is 12.8. The number of fused-ring (bicyclic) bond motifs is 1. The zero-order valence-corrected chi connectivity index (χ0v) is 14.2. The molecule has 0 bridgehead atoms. The first-order chi connectivity index (χ1) is 12.3. The third-order valence-corrected chi connectivity index (χ3v) is 4.99. The molecule has 0 spiro atoms. The third kappa shape index (κ3) is 3.33. The minimum atomic E-state index is 0.113. The molecular formula is C20H22N4O. The number of hydrogen-bond donors (Lipinski definition) is 1. The van der Waals surface area contributed by atoms with Crippen molar-refractivity contribution in [2.45, 2.75) is 31.6 Å². The first-order valence-electron chi connectivity index (χ1n) is 8.92. The molecule has 4 heterocycles. The van der Waals surface area contributed by atoms with Gasteiger partial charge in [0.2, 0.25) is 5.91 Å². The van der Waals surface area contributed by atoms with Crippen molar-refractivity contribution in [3.8, 4) is 0 Å². The van der Waals surface area contributed by atoms with Crippen LogP contribution < -0.4 is 5.32 Å². The second-order valence-corrected chi connectivity index (χ2v) is 6.60. The van der Waals surface area contributed by atoms with Gasteiger partial charge in [-0.2, -0.15) is 0 Å². The highest BCUT2D eigenvalue weighted by Crippen LogP contribution is 2.32. The number of hydrogen-bond acceptors (Lipinski definition) is 4. The number of pyridine rings is 2. The van der Waals surface area contributed by atoms with Crippen molar-refractivity contribution in [2.24, 2.45) is 0 Å². The molecule has 5 heteroatoms. The first kappa shape index (κ1) is 16.0. The van der Waals surface area contributed by atoms with Crippen LogP contribution in [0.25, 0.3) is 11.0 Å². The molecule has 0 saturated carbocycles. The quantitative estimate of drug-likeness (QED) is 0.796. The number of aryl methyl sites for hydroxylation is 1. The molecule has 0 aromatic carbocycles. The van der Waals surface area contributed by atoms with E-state index in [-0.39, 0.29) is 5.91 Å². The van der Waals surface area contributed by atoms with Crippen LogP contribution in [0.3, 0.4) is 0 Å². The molecule has 25 heavy (non-hydrogen) atoms. The Balaban J connectivity index is 1.61. The fraction of sp³-hybridized carbons (Fsp3) is 0.350. The molecule has 1 aliphatic rings. The molecule has 0 unspecified atom stereocenters. The van der Waals surface area contributed by atoms with Gasteiger partial charge in [0, 0.05) is 31.2 Å². The second-order valence-electron chi connectivity index (χ2n) is 6.60. The highest BCUT2D eigenvalue weighted by molar-refractivity contribution is 5.92. The van der Waals surface area contributed by atoms with Gasteiger partial charge < -0.3 is 5.32 Å². The number of rotatable bonds is 4. The van der Waals surface area contributed by atoms with Crippen molar-refractivity contribution in [1.82, 2.24) is 19.9 Å². The van der Waals surface area contributed by atoms with Crippen molar-refractivity contribution in [1.29, 1.82) is 0 Å². The summed E-state index contributed by atoms with van der Waals surface area (Å²) in [4.78, 5) is 21.5. The molecule has 128 valence electrons. The topological polar surface area (TPSA) is 59.8 Å². The fourth-order valence-corrected chi connectivity index (χ4v) is 3.64. The van der Waals surface area contributed by atoms with Gasteiger partial charge in [0.15, 0.2) is 0 Å². The lowest BCUT2D eigenvalue weighted by Crippen LogP contribution is -2.26. The molecule has 3 aromatic heterocycles. The van der Waals surface area contributed by atoms with E-state index < -0.39 is 0 Å². The van der Waals surface area contributed by atoms with Crippen molar-refractivity contribution in [3.05, 3.63) is 60.2 Å². The van der Waals surface area contributed by atoms with E-state index in [1.807, 2.05) is 42.9 Å². The molecule has 4 rings (SSSR count). The Bertz CT molecular complexity index is 866. The zero-order valence-electron chi connectivity index (χ0n) is 14.2. The molecule has 1 saturated heterocycles. The van der Waals surface area contributed by atoms with Crippen molar-refractivity contribution in [2.75, 3.05) is 13.1 Å². The van der Waals surface area contributed by atoms with E-state index in [4.69, 9.17) is 0 Å². The van der Waals surface area contributed by atoms with Crippen molar-refractivity contribution >= 4 is 16.9 Å². The Morgan fingerprint density at radius 1 is 1.20 bits per heavy atom. The van der Waals surface area contributed by atoms with Gasteiger partial charge in [-0.25, -0.2) is 0 Å². The molecule has 1 aliphatic heterocycles. The minimum absolute atomic E-state index is 0.113. The molecular weight excluding hydrogens is 312 g/mol. The smallest absolute Gasteiger partial charge is 0.231 e. The monoisotopic (exact) mass is 334 g/mol. The zero-order chi connectivity index (χ0) is 17.1. The van der Waals surface area contributed by atoms with Crippen LogP contribution in [0.4, 0.5) is 0 Å². The highest BCUT2D eigenvalue weighted by atomic mass is 16.2. The summed E-state index contributed by atoms with van der Waals surface area (Å²) in [5.74, 6) is 0.591. The van der Waals surface area contributed by atoms with E-state index in [2.05, 4.69) is 15.3 Å². The highest BCUT2D eigenvalue weighted by Gasteiger charge is 2.22. The number of aromatic nitrogens is 3. The average molecular weight is 334 g/mol. The number of nitrogens with zero attached hydrogens (tertiary/aromatic N) is 3. The number of piperidine rings is 1. The normalized spacial score (nSPS) is 15.5. The Morgan fingerprint density at radius 2 is 2.04 bits per heavy atom. The largest absolute Gasteiger partial charge is 0.317 e. The van der Waals surface area contributed by atoms with E-state index in [9.17, 15) is 4.79 Å². The molecule has 0 atom stereocenters. The van der Waals surface area contributed by atoms with Gasteiger partial charge in [-0.05, 0) is 67.6 Å². The maximum atomic E-state index is 12.8. The average Bonchev–Trinajstić information content (AvgIpc) is 3.07. The van der Waals surface area contributed by atoms with Gasteiger partial charge >= 0.3 is 0 Å². The van der Waals surface area contributed by atoms with E-state index in [1.165, 1.54) is 5.56 Å². The predicted octanol–water partition coefficient (Wildman–Crippen LogP) is 3.17. The number of nitrogens with one attached hydrogen (secondary N) is 1. The third-order valence-electron chi connectivity index (χ3n) is 4.99. The predicted molar refractivity (Wildman–Crippen MR) is 97.8 cm³/mol. The summed E-state index contributed by atoms with van der Waals surface area (Å²) in [7, 11) is 0. The number of carbonyl (C=O) groups excluding carboxylic acids is 1. The molecule has 0 aliphatic carbocycles. The lowest BCUT2D eigenvalue weighted by atomic mass is 9.91. The van der Waals surface area contributed by atoms with Gasteiger partial charge in [-0.15, -0.1) is 0 Å². The Morgan fingerprint density at radius 3 is 2.84 bits per heavy atom. The summed E-state index contributed by atoms with van der Waals surface area (Å²) in [5.41, 5.74) is 4.20. The summed E-state index contributed by atoms with van der Waals surface area (Å²) < 4.78 is 1.80. The molecule has 0 amide bonds. The summed E-state index contributed by atoms with van der Waals surface area (Å²) in [5, 5.41) is 3.40. The summed E-state index contributed by atoms with van der Waals surface area (Å²) in [6.07, 6.45) is 10.8. The van der Waals surface area contributed by atoms with Crippen LogP contribution >= 0.6 is 0 Å². The second kappa shape index (κ2) is 7.15. The Kier molecular flexibility index (Phi) is 4.57. The van der Waals surface area contributed by atoms with Crippen molar-refractivity contribution in [3.63, 3.8) is 0 Å². The molecule has 0 radical (unpaired) electrons. The first-order valence-corrected chi connectivity index (χ1v) is 8.92. The van der Waals surface area contributed by atoms with Gasteiger partial charge in [0.05, 0.1) is 11.0 Å². The number of carbonyl (C=O) groups is 1. The fourth-order valence-electron chi connectivity index (χ4n) is 3.64. The van der Waals surface area contributed by atoms with Crippen LogP contribution in [0.1, 0.15) is 41.1 Å². The van der Waals surface area contributed by atoms with Crippen LogP contribution in [-0.2, 0) is 6.42 Å². The van der Waals surface area contributed by atoms with Crippen LogP contribution in [0, 0.1) is 0 Å². The van der Waals surface area contributed by atoms with Crippen molar-refractivity contribution < 1.29 is 4.79 Å². The van der Waals surface area contributed by atoms with E-state index >= 15 is 0 Å². The van der Waals surface area contributed by atoms with Crippen LogP contribution in [0.5, 0.6) is 0 Å². The van der Waals surface area contributed by atoms with Gasteiger partial charge in [-0.3, -0.25) is 19.3 Å². The van der Waals surface area contributed by atoms with E-state index in [0.717, 1.165) is 42.5 Å². The Hall–Kier alpha value is -2.53. The SMILES string of the molecule is O=C(CCc1cccnc1)n1cc(C2CCNCC2)c2ncccc21. The lowest BCUT2D eigenvalue weighted by molar-refractivity contribution is 0.0908. The Labute approximate surface area is 147 Å². The summed E-state index contributed by atoms with van der Waals surface area (Å²) in [6, 6.07) is 7.81. The minimum Gasteiger partial charge on any atom is -0.317 e. The summed E-state index contributed by atoms with van der Waals surface area (Å²) >= 11 is 0. The summed E-state index contributed by atoms with van der Waals surface area (Å²) in [6.45, 7) is 2.05. The van der Waals surface area contributed by atoms with E-state index in [0.29, 0.717) is 18.8 Å².